The van der Waals surface area contributed by atoms with Gasteiger partial charge in [-0.05, 0) is 19.1 Å². The average molecular weight is 252 g/mol. The third-order valence-electron chi connectivity index (χ3n) is 2.77. The Morgan fingerprint density at radius 3 is 2.61 bits per heavy atom. The Bertz CT molecular complexity index is 518. The van der Waals surface area contributed by atoms with Gasteiger partial charge in [-0.3, -0.25) is 4.68 Å². The first-order chi connectivity index (χ1) is 8.63. The van der Waals surface area contributed by atoms with Crippen LogP contribution in [0.2, 0.25) is 0 Å². The van der Waals surface area contributed by atoms with Crippen molar-refractivity contribution >= 4 is 0 Å². The molecule has 1 atom stereocenters. The van der Waals surface area contributed by atoms with Crippen molar-refractivity contribution in [2.45, 2.75) is 25.9 Å². The van der Waals surface area contributed by atoms with Crippen molar-refractivity contribution in [1.82, 2.24) is 14.8 Å². The van der Waals surface area contributed by atoms with E-state index in [2.05, 4.69) is 10.1 Å². The highest BCUT2D eigenvalue weighted by atomic mass is 19.1. The van der Waals surface area contributed by atoms with Crippen LogP contribution in [0.25, 0.3) is 0 Å². The summed E-state index contributed by atoms with van der Waals surface area (Å²) in [5.41, 5.74) is 5.74. The van der Waals surface area contributed by atoms with Crippen LogP contribution in [-0.2, 0) is 13.0 Å². The number of hydrogen-bond donors (Lipinski definition) is 1. The molecule has 0 amide bonds. The zero-order valence-corrected chi connectivity index (χ0v) is 9.98. The number of nitrogens with zero attached hydrogens (tertiary/aromatic N) is 3. The molecule has 4 nitrogen and oxygen atoms in total. The molecule has 2 rings (SSSR count). The summed E-state index contributed by atoms with van der Waals surface area (Å²) >= 11 is 0. The van der Waals surface area contributed by atoms with E-state index in [-0.39, 0.29) is 12.0 Å². The smallest absolute Gasteiger partial charge is 0.138 e. The Labute approximate surface area is 103 Å². The molecule has 0 fully saturated rings. The lowest BCUT2D eigenvalue weighted by molar-refractivity contribution is 0.510. The molecule has 1 aromatic carbocycles. The number of nitrogens with two attached hydrogens (primary N) is 1. The van der Waals surface area contributed by atoms with Crippen LogP contribution in [-0.4, -0.2) is 14.8 Å². The largest absolute Gasteiger partial charge is 0.323 e. The van der Waals surface area contributed by atoms with Crippen molar-refractivity contribution in [2.24, 2.45) is 5.73 Å². The van der Waals surface area contributed by atoms with Crippen LogP contribution in [0.3, 0.4) is 0 Å². The molecule has 0 bridgehead atoms. The Kier molecular flexibility index (Phi) is 3.66. The van der Waals surface area contributed by atoms with E-state index >= 15 is 0 Å². The van der Waals surface area contributed by atoms with Crippen molar-refractivity contribution < 1.29 is 8.78 Å². The van der Waals surface area contributed by atoms with Crippen LogP contribution < -0.4 is 5.73 Å². The van der Waals surface area contributed by atoms with E-state index in [4.69, 9.17) is 5.73 Å². The molecule has 1 unspecified atom stereocenters. The molecule has 0 aliphatic carbocycles. The average Bonchev–Trinajstić information content (AvgIpc) is 2.76. The van der Waals surface area contributed by atoms with E-state index in [0.717, 1.165) is 0 Å². The zero-order valence-electron chi connectivity index (χ0n) is 9.98. The van der Waals surface area contributed by atoms with Gasteiger partial charge < -0.3 is 5.73 Å². The number of benzene rings is 1. The summed E-state index contributed by atoms with van der Waals surface area (Å²) in [6.45, 7) is 2.55. The fraction of sp³-hybridized carbons (Fsp3) is 0.333. The Morgan fingerprint density at radius 1 is 1.33 bits per heavy atom. The maximum Gasteiger partial charge on any atom is 0.138 e. The van der Waals surface area contributed by atoms with Crippen molar-refractivity contribution in [3.63, 3.8) is 0 Å². The van der Waals surface area contributed by atoms with Gasteiger partial charge in [-0.1, -0.05) is 6.07 Å². The number of rotatable bonds is 4. The molecule has 2 N–H and O–H groups in total. The monoisotopic (exact) mass is 252 g/mol. The van der Waals surface area contributed by atoms with Crippen molar-refractivity contribution in [1.29, 1.82) is 0 Å². The van der Waals surface area contributed by atoms with Crippen molar-refractivity contribution in [3.8, 4) is 0 Å². The van der Waals surface area contributed by atoms with E-state index in [1.54, 1.807) is 4.68 Å². The van der Waals surface area contributed by atoms with E-state index in [0.29, 0.717) is 12.4 Å². The molecular weight excluding hydrogens is 238 g/mol. The quantitative estimate of drug-likeness (QED) is 0.903. The highest BCUT2D eigenvalue weighted by Crippen LogP contribution is 2.21. The molecule has 0 radical (unpaired) electrons. The Morgan fingerprint density at radius 2 is 2.00 bits per heavy atom. The topological polar surface area (TPSA) is 56.7 Å². The summed E-state index contributed by atoms with van der Waals surface area (Å²) in [4.78, 5) is 4.04. The van der Waals surface area contributed by atoms with Gasteiger partial charge in [0.2, 0.25) is 0 Å². The predicted molar refractivity (Wildman–Crippen MR) is 62.7 cm³/mol. The standard InChI is InChI=1S/C12H14F2N4/c1-2-18-11(16-7-17-18)6-10(15)12-8(13)4-3-5-9(12)14/h3-5,7,10H,2,6,15H2,1H3. The van der Waals surface area contributed by atoms with Gasteiger partial charge in [0.05, 0.1) is 0 Å². The molecule has 1 aromatic heterocycles. The van der Waals surface area contributed by atoms with E-state index in [1.807, 2.05) is 6.92 Å². The molecule has 18 heavy (non-hydrogen) atoms. The lowest BCUT2D eigenvalue weighted by Crippen LogP contribution is -2.19. The molecule has 6 heteroatoms. The van der Waals surface area contributed by atoms with Crippen molar-refractivity contribution in [2.75, 3.05) is 0 Å². The summed E-state index contributed by atoms with van der Waals surface area (Å²) in [7, 11) is 0. The lowest BCUT2D eigenvalue weighted by Gasteiger charge is -2.13. The molecule has 0 aliphatic rings. The third kappa shape index (κ3) is 2.38. The minimum atomic E-state index is -0.777. The molecule has 0 spiro atoms. The van der Waals surface area contributed by atoms with Gasteiger partial charge in [-0.15, -0.1) is 0 Å². The van der Waals surface area contributed by atoms with Crippen LogP contribution in [0.15, 0.2) is 24.5 Å². The molecule has 0 saturated heterocycles. The first-order valence-electron chi connectivity index (χ1n) is 5.69. The minimum absolute atomic E-state index is 0.108. The lowest BCUT2D eigenvalue weighted by atomic mass is 10.0. The zero-order chi connectivity index (χ0) is 13.1. The van der Waals surface area contributed by atoms with Crippen LogP contribution >= 0.6 is 0 Å². The summed E-state index contributed by atoms with van der Waals surface area (Å²) in [6, 6.07) is 2.93. The second kappa shape index (κ2) is 5.22. The van der Waals surface area contributed by atoms with Gasteiger partial charge in [0.25, 0.3) is 0 Å². The van der Waals surface area contributed by atoms with Gasteiger partial charge in [-0.2, -0.15) is 5.10 Å². The second-order valence-corrected chi connectivity index (χ2v) is 3.94. The number of aryl methyl sites for hydroxylation is 1. The summed E-state index contributed by atoms with van der Waals surface area (Å²) in [5, 5.41) is 3.99. The summed E-state index contributed by atoms with van der Waals surface area (Å²) < 4.78 is 28.7. The summed E-state index contributed by atoms with van der Waals surface area (Å²) in [5.74, 6) is -0.650. The number of hydrogen-bond acceptors (Lipinski definition) is 3. The third-order valence-corrected chi connectivity index (χ3v) is 2.77. The highest BCUT2D eigenvalue weighted by molar-refractivity contribution is 5.23. The van der Waals surface area contributed by atoms with Gasteiger partial charge in [0.1, 0.15) is 23.8 Å². The van der Waals surface area contributed by atoms with Crippen LogP contribution in [0, 0.1) is 11.6 Å². The van der Waals surface area contributed by atoms with Crippen LogP contribution in [0.4, 0.5) is 8.78 Å². The van der Waals surface area contributed by atoms with E-state index < -0.39 is 17.7 Å². The highest BCUT2D eigenvalue weighted by Gasteiger charge is 2.18. The normalized spacial score (nSPS) is 12.7. The van der Waals surface area contributed by atoms with Gasteiger partial charge in [-0.25, -0.2) is 13.8 Å². The molecule has 0 saturated carbocycles. The second-order valence-electron chi connectivity index (χ2n) is 3.94. The van der Waals surface area contributed by atoms with Crippen LogP contribution in [0.1, 0.15) is 24.4 Å². The van der Waals surface area contributed by atoms with Gasteiger partial charge in [0.15, 0.2) is 0 Å². The first-order valence-corrected chi connectivity index (χ1v) is 5.69. The molecule has 0 aliphatic heterocycles. The van der Waals surface area contributed by atoms with Crippen LogP contribution in [0.5, 0.6) is 0 Å². The Hall–Kier alpha value is -1.82. The van der Waals surface area contributed by atoms with Gasteiger partial charge in [0, 0.05) is 24.6 Å². The van der Waals surface area contributed by atoms with E-state index in [9.17, 15) is 8.78 Å². The summed E-state index contributed by atoms with van der Waals surface area (Å²) in [6.07, 6.45) is 1.65. The SMILES string of the molecule is CCn1ncnc1CC(N)c1c(F)cccc1F. The molecule has 96 valence electrons. The first kappa shape index (κ1) is 12.6. The number of aromatic nitrogens is 3. The maximum atomic E-state index is 13.5. The minimum Gasteiger partial charge on any atom is -0.323 e. The maximum absolute atomic E-state index is 13.5. The predicted octanol–water partition coefficient (Wildman–Crippen LogP) is 1.82. The number of halogens is 2. The van der Waals surface area contributed by atoms with E-state index in [1.165, 1.54) is 24.5 Å². The molecular formula is C12H14F2N4. The fourth-order valence-corrected chi connectivity index (χ4v) is 1.87. The Balaban J connectivity index is 2.25. The molecule has 1 heterocycles. The van der Waals surface area contributed by atoms with Crippen molar-refractivity contribution in [3.05, 3.63) is 47.5 Å². The fourth-order valence-electron chi connectivity index (χ4n) is 1.87. The molecule has 2 aromatic rings. The van der Waals surface area contributed by atoms with Gasteiger partial charge >= 0.3 is 0 Å².